The first-order valence-corrected chi connectivity index (χ1v) is 7.32. The van der Waals surface area contributed by atoms with Crippen molar-refractivity contribution in [2.45, 2.75) is 0 Å². The highest BCUT2D eigenvalue weighted by atomic mass is 16.6. The Morgan fingerprint density at radius 2 is 1.68 bits per heavy atom. The Hall–Kier alpha value is -3.42. The van der Waals surface area contributed by atoms with Gasteiger partial charge >= 0.3 is 11.7 Å². The van der Waals surface area contributed by atoms with E-state index in [2.05, 4.69) is 0 Å². The lowest BCUT2D eigenvalue weighted by molar-refractivity contribution is -0.385. The molecular weight excluding hydrogens is 328 g/mol. The molecule has 0 fully saturated rings. The number of anilines is 1. The van der Waals surface area contributed by atoms with Gasteiger partial charge in [0.2, 0.25) is 0 Å². The summed E-state index contributed by atoms with van der Waals surface area (Å²) in [7, 11) is 1.56. The van der Waals surface area contributed by atoms with Crippen molar-refractivity contribution in [1.82, 2.24) is 0 Å². The minimum Gasteiger partial charge on any atom is -0.475 e. The van der Waals surface area contributed by atoms with Crippen molar-refractivity contribution in [1.29, 1.82) is 0 Å². The van der Waals surface area contributed by atoms with Crippen molar-refractivity contribution < 1.29 is 24.0 Å². The van der Waals surface area contributed by atoms with Crippen LogP contribution < -0.4 is 9.64 Å². The Bertz CT molecular complexity index is 763. The molecular formula is C17H16N2O6. The van der Waals surface area contributed by atoms with Gasteiger partial charge in [0.05, 0.1) is 4.92 Å². The number of nitrogens with zero attached hydrogens (tertiary/aromatic N) is 2. The number of para-hydroxylation sites is 3. The first-order valence-electron chi connectivity index (χ1n) is 7.32. The van der Waals surface area contributed by atoms with E-state index in [0.29, 0.717) is 5.69 Å². The zero-order valence-corrected chi connectivity index (χ0v) is 13.5. The maximum absolute atomic E-state index is 12.0. The molecule has 0 bridgehead atoms. The first kappa shape index (κ1) is 17.9. The van der Waals surface area contributed by atoms with E-state index in [1.54, 1.807) is 37.4 Å². The van der Waals surface area contributed by atoms with Gasteiger partial charge in [-0.2, -0.15) is 0 Å². The predicted molar refractivity (Wildman–Crippen MR) is 89.4 cm³/mol. The second-order valence-corrected chi connectivity index (χ2v) is 4.96. The second-order valence-electron chi connectivity index (χ2n) is 4.96. The summed E-state index contributed by atoms with van der Waals surface area (Å²) in [5, 5.41) is 10.9. The fourth-order valence-electron chi connectivity index (χ4n) is 1.94. The van der Waals surface area contributed by atoms with Gasteiger partial charge in [-0.1, -0.05) is 30.3 Å². The van der Waals surface area contributed by atoms with Crippen LogP contribution in [0.2, 0.25) is 0 Å². The monoisotopic (exact) mass is 344 g/mol. The highest BCUT2D eigenvalue weighted by molar-refractivity contribution is 5.94. The first-order chi connectivity index (χ1) is 12.0. The summed E-state index contributed by atoms with van der Waals surface area (Å²) in [4.78, 5) is 35.3. The molecule has 0 atom stereocenters. The number of rotatable bonds is 7. The number of carbonyl (C=O) groups is 2. The number of benzene rings is 2. The molecule has 0 heterocycles. The number of hydrogen-bond acceptors (Lipinski definition) is 6. The van der Waals surface area contributed by atoms with Crippen LogP contribution >= 0.6 is 0 Å². The average molecular weight is 344 g/mol. The molecule has 0 aliphatic carbocycles. The molecule has 25 heavy (non-hydrogen) atoms. The van der Waals surface area contributed by atoms with E-state index in [-0.39, 0.29) is 11.4 Å². The fraction of sp³-hybridized carbons (Fsp3) is 0.176. The number of nitro groups is 1. The molecule has 1 amide bonds. The summed E-state index contributed by atoms with van der Waals surface area (Å²) in [5.41, 5.74) is 0.412. The predicted octanol–water partition coefficient (Wildman–Crippen LogP) is 2.18. The minimum absolute atomic E-state index is 0.0443. The molecule has 130 valence electrons. The van der Waals surface area contributed by atoms with Gasteiger partial charge in [0, 0.05) is 18.8 Å². The highest BCUT2D eigenvalue weighted by Crippen LogP contribution is 2.25. The Morgan fingerprint density at radius 1 is 1.04 bits per heavy atom. The SMILES string of the molecule is CN(C(=O)COC(=O)COc1ccccc1[N+](=O)[O-])c1ccccc1. The van der Waals surface area contributed by atoms with E-state index in [1.807, 2.05) is 6.07 Å². The molecule has 0 aliphatic rings. The number of carbonyl (C=O) groups excluding carboxylic acids is 2. The van der Waals surface area contributed by atoms with E-state index in [0.717, 1.165) is 0 Å². The van der Waals surface area contributed by atoms with E-state index in [9.17, 15) is 19.7 Å². The molecule has 0 spiro atoms. The lowest BCUT2D eigenvalue weighted by atomic mass is 10.3. The van der Waals surface area contributed by atoms with Crippen molar-refractivity contribution in [2.24, 2.45) is 0 Å². The Morgan fingerprint density at radius 3 is 2.36 bits per heavy atom. The Balaban J connectivity index is 1.83. The summed E-state index contributed by atoms with van der Waals surface area (Å²) in [6.07, 6.45) is 0. The third-order valence-corrected chi connectivity index (χ3v) is 3.28. The number of esters is 1. The second kappa shape index (κ2) is 8.44. The van der Waals surface area contributed by atoms with Crippen molar-refractivity contribution >= 4 is 23.3 Å². The van der Waals surface area contributed by atoms with Crippen molar-refractivity contribution in [3.8, 4) is 5.75 Å². The third kappa shape index (κ3) is 5.03. The summed E-state index contributed by atoms with van der Waals surface area (Å²) in [5.74, 6) is -1.25. The van der Waals surface area contributed by atoms with Crippen LogP contribution in [-0.2, 0) is 14.3 Å². The van der Waals surface area contributed by atoms with Crippen molar-refractivity contribution in [2.75, 3.05) is 25.2 Å². The van der Waals surface area contributed by atoms with Gasteiger partial charge in [-0.3, -0.25) is 14.9 Å². The van der Waals surface area contributed by atoms with Crippen LogP contribution in [0.1, 0.15) is 0 Å². The van der Waals surface area contributed by atoms with E-state index < -0.39 is 30.0 Å². The molecule has 0 saturated heterocycles. The van der Waals surface area contributed by atoms with Gasteiger partial charge in [0.15, 0.2) is 19.0 Å². The molecule has 2 rings (SSSR count). The van der Waals surface area contributed by atoms with Crippen LogP contribution in [0.5, 0.6) is 5.75 Å². The number of amides is 1. The third-order valence-electron chi connectivity index (χ3n) is 3.28. The van der Waals surface area contributed by atoms with Crippen molar-refractivity contribution in [3.05, 3.63) is 64.7 Å². The Labute approximate surface area is 143 Å². The minimum atomic E-state index is -0.798. The van der Waals surface area contributed by atoms with Gasteiger partial charge in [0.25, 0.3) is 5.91 Å². The average Bonchev–Trinajstić information content (AvgIpc) is 2.64. The zero-order chi connectivity index (χ0) is 18.2. The van der Waals surface area contributed by atoms with Gasteiger partial charge in [-0.15, -0.1) is 0 Å². The van der Waals surface area contributed by atoms with Gasteiger partial charge in [0.1, 0.15) is 0 Å². The summed E-state index contributed by atoms with van der Waals surface area (Å²) in [6, 6.07) is 14.6. The molecule has 8 nitrogen and oxygen atoms in total. The van der Waals surface area contributed by atoms with Crippen LogP contribution in [0.3, 0.4) is 0 Å². The number of likely N-dealkylation sites (N-methyl/N-ethyl adjacent to an activating group) is 1. The molecule has 0 aliphatic heterocycles. The number of ether oxygens (including phenoxy) is 2. The summed E-state index contributed by atoms with van der Waals surface area (Å²) >= 11 is 0. The van der Waals surface area contributed by atoms with E-state index in [1.165, 1.54) is 23.1 Å². The van der Waals surface area contributed by atoms with Crippen molar-refractivity contribution in [3.63, 3.8) is 0 Å². The molecule has 0 N–H and O–H groups in total. The fourth-order valence-corrected chi connectivity index (χ4v) is 1.94. The van der Waals surface area contributed by atoms with Gasteiger partial charge < -0.3 is 14.4 Å². The Kier molecular flexibility index (Phi) is 6.05. The largest absolute Gasteiger partial charge is 0.475 e. The molecule has 0 unspecified atom stereocenters. The molecule has 2 aromatic rings. The highest BCUT2D eigenvalue weighted by Gasteiger charge is 2.17. The molecule has 0 aromatic heterocycles. The zero-order valence-electron chi connectivity index (χ0n) is 13.5. The van der Waals surface area contributed by atoms with Crippen LogP contribution in [0.25, 0.3) is 0 Å². The number of nitro benzene ring substituents is 1. The van der Waals surface area contributed by atoms with Crippen LogP contribution in [-0.4, -0.2) is 37.1 Å². The lowest BCUT2D eigenvalue weighted by Gasteiger charge is -2.17. The maximum Gasteiger partial charge on any atom is 0.344 e. The maximum atomic E-state index is 12.0. The normalized spacial score (nSPS) is 9.96. The van der Waals surface area contributed by atoms with Crippen LogP contribution in [0, 0.1) is 10.1 Å². The van der Waals surface area contributed by atoms with E-state index in [4.69, 9.17) is 9.47 Å². The smallest absolute Gasteiger partial charge is 0.344 e. The number of hydrogen-bond donors (Lipinski definition) is 0. The summed E-state index contributed by atoms with van der Waals surface area (Å²) in [6.45, 7) is -0.988. The van der Waals surface area contributed by atoms with E-state index >= 15 is 0 Å². The molecule has 0 saturated carbocycles. The van der Waals surface area contributed by atoms with Crippen LogP contribution in [0.4, 0.5) is 11.4 Å². The van der Waals surface area contributed by atoms with Gasteiger partial charge in [-0.25, -0.2) is 4.79 Å². The molecule has 8 heteroatoms. The quantitative estimate of drug-likeness (QED) is 0.434. The standard InChI is InChI=1S/C17H16N2O6/c1-18(13-7-3-2-4-8-13)16(20)11-25-17(21)12-24-15-10-6-5-9-14(15)19(22)23/h2-10H,11-12H2,1H3. The van der Waals surface area contributed by atoms with Crippen LogP contribution in [0.15, 0.2) is 54.6 Å². The molecule has 0 radical (unpaired) electrons. The topological polar surface area (TPSA) is 99.0 Å². The lowest BCUT2D eigenvalue weighted by Crippen LogP contribution is -2.31. The molecule has 2 aromatic carbocycles. The van der Waals surface area contributed by atoms with Gasteiger partial charge in [-0.05, 0) is 18.2 Å². The summed E-state index contributed by atoms with van der Waals surface area (Å²) < 4.78 is 9.94.